The van der Waals surface area contributed by atoms with Gasteiger partial charge in [-0.05, 0) is 0 Å². The molecule has 0 rings (SSSR count). The molecule has 0 aliphatic rings. The molecule has 0 atom stereocenters. The van der Waals surface area contributed by atoms with E-state index in [9.17, 15) is 0 Å². The van der Waals surface area contributed by atoms with Crippen LogP contribution < -0.4 is 33.5 Å². The molecule has 0 aliphatic heterocycles. The van der Waals surface area contributed by atoms with Gasteiger partial charge in [-0.15, -0.1) is 0 Å². The first-order valence-electron chi connectivity index (χ1n) is 0.577. The minimum atomic E-state index is -2.38. The van der Waals surface area contributed by atoms with Crippen molar-refractivity contribution in [3.05, 3.63) is 0 Å². The summed E-state index contributed by atoms with van der Waals surface area (Å²) in [4.78, 5) is 0. The number of hydrogen-bond donors (Lipinski definition) is 0. The topological polar surface area (TPSA) is 40.1 Å². The van der Waals surface area contributed by atoms with E-state index < -0.39 is 17.4 Å². The summed E-state index contributed by atoms with van der Waals surface area (Å²) in [5.41, 5.74) is 0. The molecular formula is NaO2Zn. The van der Waals surface area contributed by atoms with Crippen LogP contribution in [-0.4, -0.2) is 0 Å². The second-order valence-corrected chi connectivity index (χ2v) is 0.612. The Labute approximate surface area is 54.1 Å². The van der Waals surface area contributed by atoms with Crippen LogP contribution in [0, 0.1) is 0 Å². The Morgan fingerprint density at radius 2 is 1.75 bits per heavy atom. The quantitative estimate of drug-likeness (QED) is 0.304. The summed E-state index contributed by atoms with van der Waals surface area (Å²) in [7, 11) is 0. The van der Waals surface area contributed by atoms with Crippen molar-refractivity contribution in [2.45, 2.75) is 0 Å². The Kier molecular flexibility index (Phi) is 20.0. The van der Waals surface area contributed by atoms with Crippen LogP contribution in [0.5, 0.6) is 0 Å². The van der Waals surface area contributed by atoms with Crippen LogP contribution >= 0.6 is 0 Å². The molecule has 0 heterocycles. The zero-order valence-corrected chi connectivity index (χ0v) is 7.49. The molecule has 0 N–H and O–H groups in total. The molecule has 4 heavy (non-hydrogen) atoms. The van der Waals surface area contributed by atoms with E-state index >= 15 is 0 Å². The Morgan fingerprint density at radius 3 is 1.75 bits per heavy atom. The number of rotatable bonds is 0. The van der Waals surface area contributed by atoms with Gasteiger partial charge in [-0.1, -0.05) is 0 Å². The van der Waals surface area contributed by atoms with Crippen LogP contribution in [-0.2, 0) is 21.0 Å². The van der Waals surface area contributed by atoms with Crippen LogP contribution in [0.15, 0.2) is 0 Å². The van der Waals surface area contributed by atoms with Gasteiger partial charge in [0.2, 0.25) is 0 Å². The summed E-state index contributed by atoms with van der Waals surface area (Å²) < 4.78 is 17.1. The predicted molar refractivity (Wildman–Crippen MR) is 0.686 cm³/mol. The van der Waals surface area contributed by atoms with Crippen molar-refractivity contribution in [2.24, 2.45) is 0 Å². The van der Waals surface area contributed by atoms with E-state index in [1.807, 2.05) is 0 Å². The van der Waals surface area contributed by atoms with Gasteiger partial charge in [0.1, 0.15) is 0 Å². The van der Waals surface area contributed by atoms with Gasteiger partial charge in [-0.25, -0.2) is 0 Å². The van der Waals surface area contributed by atoms with Gasteiger partial charge in [0, 0.05) is 0 Å². The van der Waals surface area contributed by atoms with Gasteiger partial charge in [0.25, 0.3) is 0 Å². The van der Waals surface area contributed by atoms with Gasteiger partial charge < -0.3 is 0 Å². The molecule has 0 fully saturated rings. The molecule has 0 aromatic carbocycles. The third-order valence-corrected chi connectivity index (χ3v) is 0. The van der Waals surface area contributed by atoms with E-state index in [4.69, 9.17) is 7.51 Å². The first-order chi connectivity index (χ1) is 1.41. The predicted octanol–water partition coefficient (Wildman–Crippen LogP) is -4.31. The molecule has 0 amide bonds. The van der Waals surface area contributed by atoms with Crippen molar-refractivity contribution in [3.8, 4) is 0 Å². The van der Waals surface area contributed by atoms with Gasteiger partial charge in [-0.2, -0.15) is 0 Å². The van der Waals surface area contributed by atoms with E-state index in [0.717, 1.165) is 0 Å². The van der Waals surface area contributed by atoms with E-state index in [-0.39, 0.29) is 29.6 Å². The molecule has 0 spiro atoms. The third-order valence-electron chi connectivity index (χ3n) is 0. The summed E-state index contributed by atoms with van der Waals surface area (Å²) in [5.74, 6) is 0. The maximum atomic E-state index is 8.56. The van der Waals surface area contributed by atoms with Crippen LogP contribution in [0.3, 0.4) is 0 Å². The molecule has 0 aromatic heterocycles. The number of hydrogen-bond acceptors (Lipinski definition) is 2. The fourth-order valence-corrected chi connectivity index (χ4v) is 0. The van der Waals surface area contributed by atoms with E-state index in [1.165, 1.54) is 0 Å². The minimum absolute atomic E-state index is 0. The third kappa shape index (κ3) is 10.0. The van der Waals surface area contributed by atoms with Crippen LogP contribution in [0.25, 0.3) is 0 Å². The van der Waals surface area contributed by atoms with Crippen LogP contribution in [0.2, 0.25) is 0 Å². The molecule has 0 bridgehead atoms. The maximum absolute atomic E-state index is 8.56. The first-order valence-corrected chi connectivity index (χ1v) is 3.00. The zero-order valence-electron chi connectivity index (χ0n) is 2.52. The molecule has 0 aromatic rings. The van der Waals surface area contributed by atoms with Crippen molar-refractivity contribution >= 4 is 0 Å². The van der Waals surface area contributed by atoms with Crippen molar-refractivity contribution in [1.29, 1.82) is 0 Å². The summed E-state index contributed by atoms with van der Waals surface area (Å²) in [5, 5.41) is 0. The van der Waals surface area contributed by atoms with Gasteiger partial charge in [0.15, 0.2) is 0 Å². The molecular weight excluding hydrogens is 120 g/mol. The Hall–Kier alpha value is 1.38. The second kappa shape index (κ2) is 8.83. The van der Waals surface area contributed by atoms with Gasteiger partial charge in [-0.3, -0.25) is 0 Å². The fraction of sp³-hybridized carbons (Fsp3) is 0. The fourth-order valence-electron chi connectivity index (χ4n) is 0. The Balaban J connectivity index is 0. The molecule has 0 unspecified atom stereocenters. The zero-order chi connectivity index (χ0) is 2.71. The molecule has 0 saturated carbocycles. The molecule has 4 heteroatoms. The van der Waals surface area contributed by atoms with E-state index in [1.54, 1.807) is 0 Å². The molecule has 15 valence electrons. The Morgan fingerprint density at radius 1 is 1.75 bits per heavy atom. The van der Waals surface area contributed by atoms with Crippen molar-refractivity contribution < 1.29 is 54.5 Å². The van der Waals surface area contributed by atoms with Crippen LogP contribution in [0.1, 0.15) is 0 Å². The van der Waals surface area contributed by atoms with Crippen molar-refractivity contribution in [3.63, 3.8) is 0 Å². The average Bonchev–Trinajstić information content (AvgIpc) is 0.918. The summed E-state index contributed by atoms with van der Waals surface area (Å²) in [6.45, 7) is 0. The van der Waals surface area contributed by atoms with E-state index in [0.29, 0.717) is 0 Å². The second-order valence-electron chi connectivity index (χ2n) is 0.118. The van der Waals surface area contributed by atoms with Crippen molar-refractivity contribution in [2.75, 3.05) is 0 Å². The van der Waals surface area contributed by atoms with Gasteiger partial charge in [0.05, 0.1) is 0 Å². The SMILES string of the molecule is [Na+].[O]=[Zn][O-]. The van der Waals surface area contributed by atoms with E-state index in [2.05, 4.69) is 0 Å². The van der Waals surface area contributed by atoms with Gasteiger partial charge >= 0.3 is 54.5 Å². The van der Waals surface area contributed by atoms with Crippen molar-refractivity contribution in [1.82, 2.24) is 0 Å². The molecule has 2 nitrogen and oxygen atoms in total. The monoisotopic (exact) mass is 119 g/mol. The first kappa shape index (κ1) is 9.04. The average molecular weight is 120 g/mol. The summed E-state index contributed by atoms with van der Waals surface area (Å²) >= 11 is -2.38. The molecule has 0 saturated heterocycles. The normalized spacial score (nSPS) is 2.25. The molecule has 0 aliphatic carbocycles. The summed E-state index contributed by atoms with van der Waals surface area (Å²) in [6, 6.07) is 0. The summed E-state index contributed by atoms with van der Waals surface area (Å²) in [6.07, 6.45) is 0. The standard InChI is InChI=1S/Na.2O.Zn/q+1;;-1;. The molecule has 0 radical (unpaired) electrons. The Bertz CT molecular complexity index is 13.5. The van der Waals surface area contributed by atoms with Crippen LogP contribution in [0.4, 0.5) is 0 Å².